The van der Waals surface area contributed by atoms with Crippen molar-refractivity contribution in [2.24, 2.45) is 0 Å². The summed E-state index contributed by atoms with van der Waals surface area (Å²) in [4.78, 5) is 36.8. The number of aromatic nitrogens is 2. The fraction of sp³-hybridized carbons (Fsp3) is 0.435. The van der Waals surface area contributed by atoms with Gasteiger partial charge in [0.2, 0.25) is 5.95 Å². The molecule has 4 rings (SSSR count). The standard InChI is InChI=1S/C23H27FN6O3/c1-15-11-29(12-16(2)27(15)3)21-8-20(24)19(7-22(21)30(32)33)18-5-4-6-28(13-18)23-25-9-17(14-31)10-26-23/h5,7-10,14-16H,4,6,11-13H2,1-3H3/t15-,16+. The lowest BCUT2D eigenvalue weighted by atomic mass is 9.98. The maximum atomic E-state index is 15.3. The molecule has 0 radical (unpaired) electrons. The minimum absolute atomic E-state index is 0.0973. The van der Waals surface area contributed by atoms with Crippen molar-refractivity contribution >= 4 is 29.2 Å². The number of benzene rings is 1. The summed E-state index contributed by atoms with van der Waals surface area (Å²) in [7, 11) is 2.03. The molecule has 0 N–H and O–H groups in total. The highest BCUT2D eigenvalue weighted by Gasteiger charge is 2.32. The van der Waals surface area contributed by atoms with E-state index in [0.717, 1.165) is 0 Å². The number of aldehydes is 1. The van der Waals surface area contributed by atoms with Gasteiger partial charge in [-0.3, -0.25) is 19.8 Å². The van der Waals surface area contributed by atoms with Crippen LogP contribution in [0.5, 0.6) is 0 Å². The third kappa shape index (κ3) is 4.56. The van der Waals surface area contributed by atoms with Gasteiger partial charge < -0.3 is 9.80 Å². The molecule has 2 aliphatic rings. The van der Waals surface area contributed by atoms with E-state index in [-0.39, 0.29) is 23.3 Å². The van der Waals surface area contributed by atoms with Crippen LogP contribution in [-0.4, -0.2) is 71.4 Å². The molecule has 0 amide bonds. The molecule has 1 aromatic heterocycles. The molecule has 0 spiro atoms. The summed E-state index contributed by atoms with van der Waals surface area (Å²) < 4.78 is 15.3. The SMILES string of the molecule is C[C@@H]1CN(c2cc(F)c(C3=CCCN(c4ncc(C=O)cn4)C3)cc2[N+](=O)[O-])C[C@H](C)N1C. The van der Waals surface area contributed by atoms with Crippen LogP contribution in [0, 0.1) is 15.9 Å². The predicted octanol–water partition coefficient (Wildman–Crippen LogP) is 3.16. The number of nitro groups is 1. The summed E-state index contributed by atoms with van der Waals surface area (Å²) >= 11 is 0. The van der Waals surface area contributed by atoms with Crippen molar-refractivity contribution in [3.8, 4) is 0 Å². The molecule has 2 aromatic rings. The van der Waals surface area contributed by atoms with Crippen molar-refractivity contribution < 1.29 is 14.1 Å². The first-order valence-electron chi connectivity index (χ1n) is 10.9. The Hall–Kier alpha value is -3.40. The number of carbonyl (C=O) groups excluding carboxylic acids is 1. The van der Waals surface area contributed by atoms with Gasteiger partial charge in [-0.15, -0.1) is 0 Å². The summed E-state index contributed by atoms with van der Waals surface area (Å²) in [6, 6.07) is 3.03. The van der Waals surface area contributed by atoms with Crippen molar-refractivity contribution in [1.82, 2.24) is 14.9 Å². The zero-order chi connectivity index (χ0) is 23.7. The Kier molecular flexibility index (Phi) is 6.37. The highest BCUT2D eigenvalue weighted by Crippen LogP contribution is 2.36. The number of halogens is 1. The first kappa shape index (κ1) is 22.8. The zero-order valence-electron chi connectivity index (χ0n) is 18.9. The van der Waals surface area contributed by atoms with Gasteiger partial charge in [-0.25, -0.2) is 14.4 Å². The molecule has 0 aliphatic carbocycles. The van der Waals surface area contributed by atoms with Gasteiger partial charge in [0, 0.05) is 68.4 Å². The minimum Gasteiger partial charge on any atom is -0.363 e. The van der Waals surface area contributed by atoms with Gasteiger partial charge in [0.1, 0.15) is 11.5 Å². The first-order valence-corrected chi connectivity index (χ1v) is 10.9. The van der Waals surface area contributed by atoms with E-state index in [2.05, 4.69) is 28.7 Å². The number of hydrogen-bond acceptors (Lipinski definition) is 8. The number of carbonyl (C=O) groups is 1. The molecular weight excluding hydrogens is 427 g/mol. The second kappa shape index (κ2) is 9.22. The van der Waals surface area contributed by atoms with Crippen molar-refractivity contribution in [1.29, 1.82) is 0 Å². The molecule has 1 saturated heterocycles. The summed E-state index contributed by atoms with van der Waals surface area (Å²) in [5, 5.41) is 12.0. The fourth-order valence-electron chi connectivity index (χ4n) is 4.46. The van der Waals surface area contributed by atoms with E-state index in [1.807, 2.05) is 22.9 Å². The normalized spacial score (nSPS) is 21.6. The van der Waals surface area contributed by atoms with E-state index in [1.54, 1.807) is 0 Å². The molecule has 174 valence electrons. The molecule has 2 aliphatic heterocycles. The quantitative estimate of drug-likeness (QED) is 0.386. The maximum absolute atomic E-state index is 15.3. The van der Waals surface area contributed by atoms with Crippen LogP contribution in [0.25, 0.3) is 5.57 Å². The Balaban J connectivity index is 1.64. The largest absolute Gasteiger partial charge is 0.363 e. The third-order valence-corrected chi connectivity index (χ3v) is 6.54. The van der Waals surface area contributed by atoms with Gasteiger partial charge in [-0.2, -0.15) is 0 Å². The van der Waals surface area contributed by atoms with E-state index < -0.39 is 10.7 Å². The number of anilines is 2. The first-order chi connectivity index (χ1) is 15.8. The molecule has 3 heterocycles. The van der Waals surface area contributed by atoms with E-state index in [9.17, 15) is 14.9 Å². The predicted molar refractivity (Wildman–Crippen MR) is 124 cm³/mol. The lowest BCUT2D eigenvalue weighted by Gasteiger charge is -2.43. The molecule has 9 nitrogen and oxygen atoms in total. The molecule has 2 atom stereocenters. The number of hydrogen-bond donors (Lipinski definition) is 0. The molecular formula is C23H27FN6O3. The van der Waals surface area contributed by atoms with E-state index in [4.69, 9.17) is 0 Å². The molecule has 0 bridgehead atoms. The van der Waals surface area contributed by atoms with E-state index in [1.165, 1.54) is 24.5 Å². The summed E-state index contributed by atoms with van der Waals surface area (Å²) in [5.74, 6) is -0.0571. The van der Waals surface area contributed by atoms with Gasteiger partial charge in [0.25, 0.3) is 5.69 Å². The van der Waals surface area contributed by atoms with Gasteiger partial charge >= 0.3 is 0 Å². The minimum atomic E-state index is -0.486. The second-order valence-electron chi connectivity index (χ2n) is 8.72. The Labute approximate surface area is 191 Å². The van der Waals surface area contributed by atoms with Crippen LogP contribution in [0.1, 0.15) is 36.2 Å². The Bertz CT molecular complexity index is 1080. The van der Waals surface area contributed by atoms with Crippen LogP contribution < -0.4 is 9.80 Å². The lowest BCUT2D eigenvalue weighted by Crippen LogP contribution is -2.55. The zero-order valence-corrected chi connectivity index (χ0v) is 18.9. The molecule has 1 fully saturated rings. The van der Waals surface area contributed by atoms with Crippen LogP contribution in [-0.2, 0) is 0 Å². The number of nitro benzene ring substituents is 1. The average Bonchev–Trinajstić information content (AvgIpc) is 2.82. The summed E-state index contributed by atoms with van der Waals surface area (Å²) in [6.07, 6.45) is 6.06. The van der Waals surface area contributed by atoms with Crippen LogP contribution >= 0.6 is 0 Å². The van der Waals surface area contributed by atoms with Crippen molar-refractivity contribution in [3.05, 3.63) is 57.7 Å². The summed E-state index contributed by atoms with van der Waals surface area (Å²) in [6.45, 7) is 6.24. The average molecular weight is 455 g/mol. The van der Waals surface area contributed by atoms with E-state index in [0.29, 0.717) is 61.7 Å². The number of piperazine rings is 1. The van der Waals surface area contributed by atoms with Crippen molar-refractivity contribution in [3.63, 3.8) is 0 Å². The molecule has 0 unspecified atom stereocenters. The Morgan fingerprint density at radius 2 is 1.82 bits per heavy atom. The molecule has 1 aromatic carbocycles. The van der Waals surface area contributed by atoms with Crippen LogP contribution in [0.2, 0.25) is 0 Å². The van der Waals surface area contributed by atoms with Gasteiger partial charge in [-0.05, 0) is 32.9 Å². The highest BCUT2D eigenvalue weighted by molar-refractivity contribution is 5.77. The van der Waals surface area contributed by atoms with Crippen LogP contribution in [0.4, 0.5) is 21.7 Å². The number of nitrogens with zero attached hydrogens (tertiary/aromatic N) is 6. The van der Waals surface area contributed by atoms with Crippen molar-refractivity contribution in [2.75, 3.05) is 43.0 Å². The molecule has 10 heteroatoms. The topological polar surface area (TPSA) is 95.7 Å². The van der Waals surface area contributed by atoms with Crippen LogP contribution in [0.15, 0.2) is 30.6 Å². The van der Waals surface area contributed by atoms with Gasteiger partial charge in [0.15, 0.2) is 6.29 Å². The van der Waals surface area contributed by atoms with Crippen LogP contribution in [0.3, 0.4) is 0 Å². The monoisotopic (exact) mass is 454 g/mol. The second-order valence-corrected chi connectivity index (χ2v) is 8.72. The molecule has 0 saturated carbocycles. The Morgan fingerprint density at radius 3 is 2.42 bits per heavy atom. The maximum Gasteiger partial charge on any atom is 0.293 e. The van der Waals surface area contributed by atoms with Gasteiger partial charge in [0.05, 0.1) is 10.5 Å². The highest BCUT2D eigenvalue weighted by atomic mass is 19.1. The molecule has 33 heavy (non-hydrogen) atoms. The fourth-order valence-corrected chi connectivity index (χ4v) is 4.46. The number of likely N-dealkylation sites (N-methyl/N-ethyl adjacent to an activating group) is 1. The van der Waals surface area contributed by atoms with E-state index >= 15 is 4.39 Å². The summed E-state index contributed by atoms with van der Waals surface area (Å²) in [5.41, 5.74) is 1.46. The van der Waals surface area contributed by atoms with Gasteiger partial charge in [-0.1, -0.05) is 6.08 Å². The smallest absolute Gasteiger partial charge is 0.293 e. The number of rotatable bonds is 5. The Morgan fingerprint density at radius 1 is 1.15 bits per heavy atom. The van der Waals surface area contributed by atoms with Crippen molar-refractivity contribution in [2.45, 2.75) is 32.4 Å². The third-order valence-electron chi connectivity index (χ3n) is 6.54. The lowest BCUT2D eigenvalue weighted by molar-refractivity contribution is -0.384.